The Bertz CT molecular complexity index is 1130. The van der Waals surface area contributed by atoms with Gasteiger partial charge in [0, 0.05) is 24.7 Å². The van der Waals surface area contributed by atoms with Crippen molar-refractivity contribution in [2.75, 3.05) is 19.6 Å². The van der Waals surface area contributed by atoms with Crippen LogP contribution in [0.2, 0.25) is 0 Å². The van der Waals surface area contributed by atoms with E-state index in [1.165, 1.54) is 0 Å². The molecule has 1 aliphatic heterocycles. The predicted molar refractivity (Wildman–Crippen MR) is 129 cm³/mol. The van der Waals surface area contributed by atoms with Gasteiger partial charge in [0.2, 0.25) is 0 Å². The number of aromatic amines is 1. The van der Waals surface area contributed by atoms with Crippen molar-refractivity contribution in [1.82, 2.24) is 20.1 Å². The van der Waals surface area contributed by atoms with E-state index >= 15 is 0 Å². The fourth-order valence-electron chi connectivity index (χ4n) is 4.63. The lowest BCUT2D eigenvalue weighted by Gasteiger charge is -2.30. The van der Waals surface area contributed by atoms with E-state index in [0.29, 0.717) is 24.7 Å². The molecule has 1 fully saturated rings. The molecule has 6 heteroatoms. The Labute approximate surface area is 189 Å². The van der Waals surface area contributed by atoms with E-state index in [4.69, 9.17) is 0 Å². The van der Waals surface area contributed by atoms with E-state index in [9.17, 15) is 9.59 Å². The van der Waals surface area contributed by atoms with Crippen LogP contribution in [-0.4, -0.2) is 46.5 Å². The number of para-hydroxylation sites is 1. The van der Waals surface area contributed by atoms with Crippen LogP contribution >= 0.6 is 0 Å². The van der Waals surface area contributed by atoms with Crippen LogP contribution in [-0.2, 0) is 13.1 Å². The number of aryl methyl sites for hydroxylation is 1. The summed E-state index contributed by atoms with van der Waals surface area (Å²) in [5.41, 5.74) is 3.42. The summed E-state index contributed by atoms with van der Waals surface area (Å²) in [7, 11) is 0. The summed E-state index contributed by atoms with van der Waals surface area (Å²) in [5, 5.41) is 4.03. The quantitative estimate of drug-likeness (QED) is 0.592. The van der Waals surface area contributed by atoms with Crippen LogP contribution in [0.15, 0.2) is 59.4 Å². The molecule has 6 nitrogen and oxygen atoms in total. The Balaban J connectivity index is 1.57. The molecule has 168 valence electrons. The van der Waals surface area contributed by atoms with Gasteiger partial charge in [-0.1, -0.05) is 55.5 Å². The minimum Gasteiger partial charge on any atom is -0.334 e. The van der Waals surface area contributed by atoms with E-state index in [2.05, 4.69) is 22.1 Å². The molecule has 32 heavy (non-hydrogen) atoms. The lowest BCUT2D eigenvalue weighted by molar-refractivity contribution is 0.164. The number of hydrogen-bond acceptors (Lipinski definition) is 3. The molecule has 0 radical (unpaired) electrons. The minimum absolute atomic E-state index is 0.133. The number of likely N-dealkylation sites (N-methyl/N-ethyl adjacent to an activating group) is 1. The van der Waals surface area contributed by atoms with Crippen LogP contribution in [0, 0.1) is 6.92 Å². The van der Waals surface area contributed by atoms with Crippen molar-refractivity contribution in [2.24, 2.45) is 0 Å². The van der Waals surface area contributed by atoms with E-state index in [-0.39, 0.29) is 18.1 Å². The second kappa shape index (κ2) is 10.0. The van der Waals surface area contributed by atoms with Crippen molar-refractivity contribution in [3.05, 3.63) is 81.6 Å². The number of benzene rings is 2. The van der Waals surface area contributed by atoms with Gasteiger partial charge in [-0.25, -0.2) is 4.79 Å². The number of likely N-dealkylation sites (tertiary alicyclic amines) is 1. The summed E-state index contributed by atoms with van der Waals surface area (Å²) in [6, 6.07) is 18.0. The summed E-state index contributed by atoms with van der Waals surface area (Å²) < 4.78 is 0. The third kappa shape index (κ3) is 5.02. The third-order valence-corrected chi connectivity index (χ3v) is 6.44. The molecule has 1 unspecified atom stereocenters. The van der Waals surface area contributed by atoms with Crippen molar-refractivity contribution < 1.29 is 4.79 Å². The molecule has 1 saturated heterocycles. The summed E-state index contributed by atoms with van der Waals surface area (Å²) in [6.07, 6.45) is 2.22. The van der Waals surface area contributed by atoms with Gasteiger partial charge in [0.05, 0.1) is 12.1 Å². The maximum absolute atomic E-state index is 13.2. The summed E-state index contributed by atoms with van der Waals surface area (Å²) >= 11 is 0. The first-order valence-electron chi connectivity index (χ1n) is 11.5. The number of aromatic nitrogens is 1. The van der Waals surface area contributed by atoms with E-state index < -0.39 is 0 Å². The summed E-state index contributed by atoms with van der Waals surface area (Å²) in [5.74, 6) is 0. The molecule has 3 aromatic rings. The molecule has 2 heterocycles. The fourth-order valence-corrected chi connectivity index (χ4v) is 4.63. The molecule has 4 rings (SSSR count). The zero-order valence-electron chi connectivity index (χ0n) is 18.9. The largest absolute Gasteiger partial charge is 0.334 e. The lowest BCUT2D eigenvalue weighted by Crippen LogP contribution is -2.47. The van der Waals surface area contributed by atoms with Crippen LogP contribution in [0.4, 0.5) is 4.79 Å². The zero-order valence-corrected chi connectivity index (χ0v) is 18.9. The van der Waals surface area contributed by atoms with Gasteiger partial charge < -0.3 is 15.2 Å². The first-order chi connectivity index (χ1) is 15.5. The standard InChI is InChI=1S/C26H32N4O2/c1-3-29-14-8-13-23(29)18-30(26(32)27-16-20-10-5-4-6-11-20)17-22-15-21-12-7-9-19(2)24(21)28-25(22)31/h4-7,9-12,15,23H,3,8,13-14,16-18H2,1-2H3,(H,27,32)(H,28,31). The van der Waals surface area contributed by atoms with Crippen LogP contribution in [0.5, 0.6) is 0 Å². The maximum atomic E-state index is 13.2. The predicted octanol–water partition coefficient (Wildman–Crippen LogP) is 4.03. The van der Waals surface area contributed by atoms with Gasteiger partial charge in [-0.05, 0) is 55.4 Å². The molecular weight excluding hydrogens is 400 g/mol. The SMILES string of the molecule is CCN1CCCC1CN(Cc1cc2cccc(C)c2[nH]c1=O)C(=O)NCc1ccccc1. The molecule has 2 N–H and O–H groups in total. The van der Waals surface area contributed by atoms with Crippen LogP contribution in [0.1, 0.15) is 36.5 Å². The highest BCUT2D eigenvalue weighted by molar-refractivity contribution is 5.82. The molecule has 0 spiro atoms. The fraction of sp³-hybridized carbons (Fsp3) is 0.385. The van der Waals surface area contributed by atoms with Crippen molar-refractivity contribution >= 4 is 16.9 Å². The van der Waals surface area contributed by atoms with Gasteiger partial charge >= 0.3 is 6.03 Å². The molecule has 0 bridgehead atoms. The molecular formula is C26H32N4O2. The highest BCUT2D eigenvalue weighted by Crippen LogP contribution is 2.20. The van der Waals surface area contributed by atoms with E-state index in [1.54, 1.807) is 4.90 Å². The van der Waals surface area contributed by atoms with Crippen LogP contribution < -0.4 is 10.9 Å². The van der Waals surface area contributed by atoms with E-state index in [0.717, 1.165) is 48.0 Å². The number of nitrogens with one attached hydrogen (secondary N) is 2. The number of fused-ring (bicyclic) bond motifs is 1. The van der Waals surface area contributed by atoms with Crippen molar-refractivity contribution in [2.45, 2.75) is 45.8 Å². The van der Waals surface area contributed by atoms with Crippen molar-refractivity contribution in [1.29, 1.82) is 0 Å². The monoisotopic (exact) mass is 432 g/mol. The first-order valence-corrected chi connectivity index (χ1v) is 11.5. The Morgan fingerprint density at radius 3 is 2.78 bits per heavy atom. The molecule has 0 saturated carbocycles. The average molecular weight is 433 g/mol. The molecule has 0 aliphatic carbocycles. The topological polar surface area (TPSA) is 68.4 Å². The van der Waals surface area contributed by atoms with Gasteiger partial charge in [0.1, 0.15) is 0 Å². The van der Waals surface area contributed by atoms with Gasteiger partial charge in [-0.3, -0.25) is 9.69 Å². The molecule has 2 aromatic carbocycles. The number of carbonyl (C=O) groups excluding carboxylic acids is 1. The van der Waals surface area contributed by atoms with Gasteiger partial charge in [-0.15, -0.1) is 0 Å². The molecule has 2 amide bonds. The number of pyridine rings is 1. The highest BCUT2D eigenvalue weighted by Gasteiger charge is 2.27. The molecule has 1 aromatic heterocycles. The number of carbonyl (C=O) groups is 1. The normalized spacial score (nSPS) is 16.4. The highest BCUT2D eigenvalue weighted by atomic mass is 16.2. The maximum Gasteiger partial charge on any atom is 0.318 e. The lowest BCUT2D eigenvalue weighted by atomic mass is 10.1. The Morgan fingerprint density at radius 1 is 1.19 bits per heavy atom. The second-order valence-electron chi connectivity index (χ2n) is 8.61. The van der Waals surface area contributed by atoms with Crippen LogP contribution in [0.25, 0.3) is 10.9 Å². The van der Waals surface area contributed by atoms with Crippen molar-refractivity contribution in [3.8, 4) is 0 Å². The van der Waals surface area contributed by atoms with Gasteiger partial charge in [0.15, 0.2) is 0 Å². The number of H-pyrrole nitrogens is 1. The number of hydrogen-bond donors (Lipinski definition) is 2. The summed E-state index contributed by atoms with van der Waals surface area (Å²) in [6.45, 7) is 7.55. The van der Waals surface area contributed by atoms with E-state index in [1.807, 2.05) is 61.5 Å². The van der Waals surface area contributed by atoms with Crippen molar-refractivity contribution in [3.63, 3.8) is 0 Å². The summed E-state index contributed by atoms with van der Waals surface area (Å²) in [4.78, 5) is 33.3. The van der Waals surface area contributed by atoms with Gasteiger partial charge in [0.25, 0.3) is 5.56 Å². The average Bonchev–Trinajstić information content (AvgIpc) is 3.26. The molecule has 1 aliphatic rings. The van der Waals surface area contributed by atoms with Gasteiger partial charge in [-0.2, -0.15) is 0 Å². The second-order valence-corrected chi connectivity index (χ2v) is 8.61. The smallest absolute Gasteiger partial charge is 0.318 e. The Hall–Kier alpha value is -3.12. The van der Waals surface area contributed by atoms with Crippen LogP contribution in [0.3, 0.4) is 0 Å². The first kappa shape index (κ1) is 22.1. The zero-order chi connectivity index (χ0) is 22.5. The number of nitrogens with zero attached hydrogens (tertiary/aromatic N) is 2. The number of urea groups is 1. The third-order valence-electron chi connectivity index (χ3n) is 6.44. The number of rotatable bonds is 7. The Kier molecular flexibility index (Phi) is 6.90. The minimum atomic E-state index is -0.138. The Morgan fingerprint density at radius 2 is 2.00 bits per heavy atom. The molecule has 1 atom stereocenters. The number of amides is 2.